The highest BCUT2D eigenvalue weighted by Gasteiger charge is 2.17. The third-order valence-electron chi connectivity index (χ3n) is 9.67. The van der Waals surface area contributed by atoms with Crippen molar-refractivity contribution >= 4 is 54.3 Å². The number of furan rings is 1. The molecule has 0 N–H and O–H groups in total. The summed E-state index contributed by atoms with van der Waals surface area (Å²) in [6, 6.07) is 59.7. The van der Waals surface area contributed by atoms with Gasteiger partial charge in [0.2, 0.25) is 0 Å². The molecule has 49 heavy (non-hydrogen) atoms. The van der Waals surface area contributed by atoms with Crippen molar-refractivity contribution in [3.05, 3.63) is 170 Å². The Morgan fingerprint density at radius 1 is 0.327 bits per heavy atom. The highest BCUT2D eigenvalue weighted by molar-refractivity contribution is 6.29. The number of hydrogen-bond donors (Lipinski definition) is 0. The van der Waals surface area contributed by atoms with E-state index in [1.807, 2.05) is 24.3 Å². The molecule has 0 aliphatic carbocycles. The van der Waals surface area contributed by atoms with Crippen LogP contribution in [0.2, 0.25) is 0 Å². The molecule has 3 nitrogen and oxygen atoms in total. The summed E-state index contributed by atoms with van der Waals surface area (Å²) in [5.41, 5.74) is 9.08. The largest absolute Gasteiger partial charge is 0.456 e. The number of fused-ring (bicyclic) bond motifs is 9. The molecule has 0 spiro atoms. The fourth-order valence-electron chi connectivity index (χ4n) is 7.37. The van der Waals surface area contributed by atoms with E-state index < -0.39 is 0 Å². The number of para-hydroxylation sites is 1. The zero-order chi connectivity index (χ0) is 32.3. The lowest BCUT2D eigenvalue weighted by molar-refractivity contribution is 0.669. The van der Waals surface area contributed by atoms with E-state index in [9.17, 15) is 0 Å². The Kier molecular flexibility index (Phi) is 6.18. The van der Waals surface area contributed by atoms with Crippen LogP contribution in [0, 0.1) is 0 Å². The van der Waals surface area contributed by atoms with Crippen molar-refractivity contribution in [1.29, 1.82) is 0 Å². The second kappa shape index (κ2) is 11.0. The van der Waals surface area contributed by atoms with Crippen LogP contribution in [-0.4, -0.2) is 9.97 Å². The summed E-state index contributed by atoms with van der Waals surface area (Å²) < 4.78 is 6.18. The van der Waals surface area contributed by atoms with Crippen LogP contribution in [-0.2, 0) is 0 Å². The Hall–Kier alpha value is -6.58. The first kappa shape index (κ1) is 27.5. The topological polar surface area (TPSA) is 38.9 Å². The van der Waals surface area contributed by atoms with E-state index in [0.717, 1.165) is 55.6 Å². The van der Waals surface area contributed by atoms with Crippen LogP contribution < -0.4 is 0 Å². The van der Waals surface area contributed by atoms with Gasteiger partial charge in [0.25, 0.3) is 0 Å². The standard InChI is InChI=1S/C46H28N2O/c1-3-12-29(13-4-1)41-28-42(30-14-5-2-6-15-30)48-46(47-41)32-22-24-38-39(27-32)35-17-8-7-16-34(35)37-20-11-19-33(45(37)38)31-23-25-44-40(26-31)36-18-9-10-21-43(36)49-44/h1-28H. The van der Waals surface area contributed by atoms with Crippen molar-refractivity contribution < 1.29 is 4.42 Å². The highest BCUT2D eigenvalue weighted by Crippen LogP contribution is 2.42. The van der Waals surface area contributed by atoms with Crippen LogP contribution in [0.25, 0.3) is 99.3 Å². The first-order valence-electron chi connectivity index (χ1n) is 16.6. The number of aromatic nitrogens is 2. The van der Waals surface area contributed by atoms with Crippen LogP contribution in [0.3, 0.4) is 0 Å². The van der Waals surface area contributed by atoms with Crippen LogP contribution in [0.5, 0.6) is 0 Å². The minimum absolute atomic E-state index is 0.705. The molecule has 0 saturated carbocycles. The van der Waals surface area contributed by atoms with Gasteiger partial charge < -0.3 is 4.42 Å². The Labute approximate surface area is 282 Å². The Balaban J connectivity index is 1.23. The number of hydrogen-bond acceptors (Lipinski definition) is 3. The summed E-state index contributed by atoms with van der Waals surface area (Å²) in [6.45, 7) is 0. The van der Waals surface area contributed by atoms with Crippen molar-refractivity contribution in [3.63, 3.8) is 0 Å². The van der Waals surface area contributed by atoms with Crippen molar-refractivity contribution in [1.82, 2.24) is 9.97 Å². The SMILES string of the molecule is c1ccc(-c2cc(-c3ccccc3)nc(-c3ccc4c(c3)c3ccccc3c3cccc(-c5ccc6oc7ccccc7c6c5)c34)n2)cc1. The van der Waals surface area contributed by atoms with E-state index >= 15 is 0 Å². The summed E-state index contributed by atoms with van der Waals surface area (Å²) in [5, 5.41) is 9.54. The summed E-state index contributed by atoms with van der Waals surface area (Å²) in [7, 11) is 0. The van der Waals surface area contributed by atoms with Gasteiger partial charge in [0.15, 0.2) is 5.82 Å². The monoisotopic (exact) mass is 624 g/mol. The van der Waals surface area contributed by atoms with Crippen LogP contribution in [0.4, 0.5) is 0 Å². The molecule has 10 aromatic rings. The zero-order valence-electron chi connectivity index (χ0n) is 26.5. The quantitative estimate of drug-likeness (QED) is 0.183. The molecule has 0 atom stereocenters. The summed E-state index contributed by atoms with van der Waals surface area (Å²) in [5.74, 6) is 0.705. The van der Waals surface area contributed by atoms with Crippen molar-refractivity contribution in [3.8, 4) is 45.0 Å². The molecule has 0 aliphatic rings. The van der Waals surface area contributed by atoms with Gasteiger partial charge in [-0.05, 0) is 73.8 Å². The van der Waals surface area contributed by atoms with Crippen molar-refractivity contribution in [2.45, 2.75) is 0 Å². The van der Waals surface area contributed by atoms with E-state index in [2.05, 4.69) is 146 Å². The van der Waals surface area contributed by atoms with Gasteiger partial charge in [0.1, 0.15) is 11.2 Å². The molecule has 2 aromatic heterocycles. The molecule has 0 fully saturated rings. The molecular formula is C46H28N2O. The average Bonchev–Trinajstić information content (AvgIpc) is 3.56. The normalized spacial score (nSPS) is 11.7. The second-order valence-electron chi connectivity index (χ2n) is 12.5. The Bertz CT molecular complexity index is 2810. The molecule has 228 valence electrons. The molecule has 3 heteroatoms. The summed E-state index contributed by atoms with van der Waals surface area (Å²) in [6.07, 6.45) is 0. The molecule has 0 amide bonds. The molecule has 10 rings (SSSR count). The van der Waals surface area contributed by atoms with Gasteiger partial charge >= 0.3 is 0 Å². The van der Waals surface area contributed by atoms with Gasteiger partial charge in [-0.2, -0.15) is 0 Å². The predicted molar refractivity (Wildman–Crippen MR) is 204 cm³/mol. The van der Waals surface area contributed by atoms with Gasteiger partial charge in [-0.3, -0.25) is 0 Å². The van der Waals surface area contributed by atoms with Gasteiger partial charge in [-0.1, -0.05) is 140 Å². The van der Waals surface area contributed by atoms with Crippen LogP contribution >= 0.6 is 0 Å². The Morgan fingerprint density at radius 2 is 0.878 bits per heavy atom. The molecule has 0 bridgehead atoms. The number of rotatable bonds is 4. The van der Waals surface area contributed by atoms with Crippen LogP contribution in [0.15, 0.2) is 174 Å². The highest BCUT2D eigenvalue weighted by atomic mass is 16.3. The predicted octanol–water partition coefficient (Wildman–Crippen LogP) is 12.5. The van der Waals surface area contributed by atoms with Gasteiger partial charge in [0, 0.05) is 27.5 Å². The molecule has 0 aliphatic heterocycles. The van der Waals surface area contributed by atoms with E-state index in [1.165, 1.54) is 37.9 Å². The maximum absolute atomic E-state index is 6.18. The lowest BCUT2D eigenvalue weighted by atomic mass is 9.88. The molecular weight excluding hydrogens is 597 g/mol. The third-order valence-corrected chi connectivity index (χ3v) is 9.67. The molecule has 0 unspecified atom stereocenters. The average molecular weight is 625 g/mol. The molecule has 0 saturated heterocycles. The summed E-state index contributed by atoms with van der Waals surface area (Å²) in [4.78, 5) is 10.3. The molecule has 0 radical (unpaired) electrons. The van der Waals surface area contributed by atoms with E-state index in [1.54, 1.807) is 0 Å². The molecule has 2 heterocycles. The smallest absolute Gasteiger partial charge is 0.160 e. The van der Waals surface area contributed by atoms with E-state index in [0.29, 0.717) is 5.82 Å². The first-order valence-corrected chi connectivity index (χ1v) is 16.6. The summed E-state index contributed by atoms with van der Waals surface area (Å²) >= 11 is 0. The van der Waals surface area contributed by atoms with Crippen LogP contribution in [0.1, 0.15) is 0 Å². The second-order valence-corrected chi connectivity index (χ2v) is 12.5. The van der Waals surface area contributed by atoms with Crippen molar-refractivity contribution in [2.75, 3.05) is 0 Å². The minimum Gasteiger partial charge on any atom is -0.456 e. The first-order chi connectivity index (χ1) is 24.3. The number of benzene rings is 8. The number of nitrogens with zero attached hydrogens (tertiary/aromatic N) is 2. The minimum atomic E-state index is 0.705. The lowest BCUT2D eigenvalue weighted by Gasteiger charge is -2.16. The molecule has 8 aromatic carbocycles. The van der Waals surface area contributed by atoms with Gasteiger partial charge in [-0.25, -0.2) is 9.97 Å². The lowest BCUT2D eigenvalue weighted by Crippen LogP contribution is -1.96. The fraction of sp³-hybridized carbons (Fsp3) is 0. The van der Waals surface area contributed by atoms with Crippen molar-refractivity contribution in [2.24, 2.45) is 0 Å². The Morgan fingerprint density at radius 3 is 1.61 bits per heavy atom. The van der Waals surface area contributed by atoms with E-state index in [4.69, 9.17) is 14.4 Å². The van der Waals surface area contributed by atoms with E-state index in [-0.39, 0.29) is 0 Å². The third kappa shape index (κ3) is 4.51. The van der Waals surface area contributed by atoms with Gasteiger partial charge in [-0.15, -0.1) is 0 Å². The zero-order valence-corrected chi connectivity index (χ0v) is 26.5. The van der Waals surface area contributed by atoms with Gasteiger partial charge in [0.05, 0.1) is 11.4 Å². The fourth-order valence-corrected chi connectivity index (χ4v) is 7.37. The maximum atomic E-state index is 6.18. The maximum Gasteiger partial charge on any atom is 0.160 e.